The third-order valence-electron chi connectivity index (χ3n) is 4.75. The van der Waals surface area contributed by atoms with Gasteiger partial charge in [-0.3, -0.25) is 9.69 Å². The number of amides is 1. The van der Waals surface area contributed by atoms with Crippen LogP contribution in [0.1, 0.15) is 19.1 Å². The summed E-state index contributed by atoms with van der Waals surface area (Å²) < 4.78 is 15.8. The van der Waals surface area contributed by atoms with Gasteiger partial charge in [-0.2, -0.15) is 0 Å². The first-order valence-electron chi connectivity index (χ1n) is 8.33. The Bertz CT molecular complexity index is 527. The molecule has 2 aliphatic heterocycles. The minimum atomic E-state index is 0.0121. The van der Waals surface area contributed by atoms with E-state index >= 15 is 0 Å². The summed E-state index contributed by atoms with van der Waals surface area (Å²) in [6.45, 7) is 9.07. The number of rotatable bonds is 5. The normalized spacial score (nSPS) is 25.7. The molecule has 128 valence electrons. The number of carbonyl (C=O) groups excluding carboxylic acids is 1. The first-order valence-corrected chi connectivity index (χ1v) is 8.33. The molecular formula is C16H25N3O4. The average Bonchev–Trinajstić information content (AvgIpc) is 3.19. The van der Waals surface area contributed by atoms with Gasteiger partial charge in [0, 0.05) is 38.3 Å². The van der Waals surface area contributed by atoms with Crippen molar-refractivity contribution in [3.8, 4) is 5.88 Å². The molecule has 2 atom stereocenters. The summed E-state index contributed by atoms with van der Waals surface area (Å²) >= 11 is 0. The van der Waals surface area contributed by atoms with Gasteiger partial charge in [-0.1, -0.05) is 13.3 Å². The summed E-state index contributed by atoms with van der Waals surface area (Å²) in [4.78, 5) is 16.8. The number of hydrogen-bond donors (Lipinski definition) is 0. The predicted molar refractivity (Wildman–Crippen MR) is 83.3 cm³/mol. The van der Waals surface area contributed by atoms with Gasteiger partial charge >= 0.3 is 0 Å². The van der Waals surface area contributed by atoms with Crippen molar-refractivity contribution < 1.29 is 18.8 Å². The van der Waals surface area contributed by atoms with E-state index in [4.69, 9.17) is 14.0 Å². The van der Waals surface area contributed by atoms with Crippen LogP contribution in [-0.4, -0.2) is 72.9 Å². The molecule has 0 bridgehead atoms. The maximum absolute atomic E-state index is 12.4. The molecule has 0 saturated carbocycles. The lowest BCUT2D eigenvalue weighted by Gasteiger charge is -2.34. The first kappa shape index (κ1) is 16.3. The highest BCUT2D eigenvalue weighted by atomic mass is 16.5. The summed E-state index contributed by atoms with van der Waals surface area (Å²) in [5.74, 6) is 1.57. The largest absolute Gasteiger partial charge is 0.465 e. The second-order valence-corrected chi connectivity index (χ2v) is 6.25. The van der Waals surface area contributed by atoms with Crippen molar-refractivity contribution in [2.75, 3.05) is 46.0 Å². The van der Waals surface area contributed by atoms with E-state index in [2.05, 4.69) is 17.0 Å². The average molecular weight is 323 g/mol. The number of morpholine rings is 1. The summed E-state index contributed by atoms with van der Waals surface area (Å²) in [6.07, 6.45) is 1.08. The molecular weight excluding hydrogens is 298 g/mol. The Morgan fingerprint density at radius 3 is 2.83 bits per heavy atom. The van der Waals surface area contributed by atoms with Gasteiger partial charge in [0.25, 0.3) is 11.8 Å². The van der Waals surface area contributed by atoms with Crippen molar-refractivity contribution >= 4 is 5.91 Å². The smallest absolute Gasteiger partial charge is 0.260 e. The van der Waals surface area contributed by atoms with E-state index in [0.717, 1.165) is 45.8 Å². The number of carbonyl (C=O) groups is 1. The molecule has 3 rings (SSSR count). The van der Waals surface area contributed by atoms with Crippen LogP contribution in [0.25, 0.3) is 0 Å². The van der Waals surface area contributed by atoms with Crippen LogP contribution in [0.3, 0.4) is 0 Å². The van der Waals surface area contributed by atoms with Crippen LogP contribution in [-0.2, 0) is 9.53 Å². The van der Waals surface area contributed by atoms with Crippen LogP contribution in [0, 0.1) is 12.8 Å². The van der Waals surface area contributed by atoms with Crippen LogP contribution in [0.5, 0.6) is 5.88 Å². The van der Waals surface area contributed by atoms with E-state index in [1.54, 1.807) is 13.0 Å². The Balaban J connectivity index is 1.54. The van der Waals surface area contributed by atoms with E-state index < -0.39 is 0 Å². The molecule has 0 N–H and O–H groups in total. The fourth-order valence-electron chi connectivity index (χ4n) is 3.42. The van der Waals surface area contributed by atoms with Gasteiger partial charge in [0.05, 0.1) is 13.2 Å². The van der Waals surface area contributed by atoms with Gasteiger partial charge in [-0.25, -0.2) is 0 Å². The lowest BCUT2D eigenvalue weighted by molar-refractivity contribution is -0.132. The standard InChI is InChI=1S/C16H25N3O4/c1-3-13-9-19(10-14(13)18-4-6-21-7-5-18)16(20)11-22-15-8-12(2)23-17-15/h8,13-14H,3-7,9-11H2,1-2H3. The second kappa shape index (κ2) is 7.31. The molecule has 7 nitrogen and oxygen atoms in total. The minimum absolute atomic E-state index is 0.0121. The number of hydrogen-bond acceptors (Lipinski definition) is 6. The fraction of sp³-hybridized carbons (Fsp3) is 0.750. The molecule has 7 heteroatoms. The molecule has 2 unspecified atom stereocenters. The van der Waals surface area contributed by atoms with E-state index in [0.29, 0.717) is 23.6 Å². The number of aromatic nitrogens is 1. The van der Waals surface area contributed by atoms with Crippen molar-refractivity contribution in [3.63, 3.8) is 0 Å². The van der Waals surface area contributed by atoms with Crippen molar-refractivity contribution in [3.05, 3.63) is 11.8 Å². The highest BCUT2D eigenvalue weighted by Gasteiger charge is 2.38. The van der Waals surface area contributed by atoms with Gasteiger partial charge < -0.3 is 18.9 Å². The third-order valence-corrected chi connectivity index (χ3v) is 4.75. The number of likely N-dealkylation sites (tertiary alicyclic amines) is 1. The highest BCUT2D eigenvalue weighted by molar-refractivity contribution is 5.78. The molecule has 0 radical (unpaired) electrons. The summed E-state index contributed by atoms with van der Waals surface area (Å²) in [5, 5.41) is 3.74. The maximum atomic E-state index is 12.4. The SMILES string of the molecule is CCC1CN(C(=O)COc2cc(C)on2)CC1N1CCOCC1. The number of aryl methyl sites for hydroxylation is 1. The van der Waals surface area contributed by atoms with E-state index in [1.807, 2.05) is 4.90 Å². The number of nitrogens with zero attached hydrogens (tertiary/aromatic N) is 3. The molecule has 3 heterocycles. The first-order chi connectivity index (χ1) is 11.2. The lowest BCUT2D eigenvalue weighted by Crippen LogP contribution is -2.47. The fourth-order valence-corrected chi connectivity index (χ4v) is 3.42. The summed E-state index contributed by atoms with van der Waals surface area (Å²) in [5.41, 5.74) is 0. The lowest BCUT2D eigenvalue weighted by atomic mass is 9.99. The van der Waals surface area contributed by atoms with Crippen molar-refractivity contribution in [2.45, 2.75) is 26.3 Å². The van der Waals surface area contributed by atoms with E-state index in [-0.39, 0.29) is 12.5 Å². The molecule has 1 aromatic rings. The molecule has 0 spiro atoms. The summed E-state index contributed by atoms with van der Waals surface area (Å²) in [6, 6.07) is 2.12. The van der Waals surface area contributed by atoms with Crippen LogP contribution < -0.4 is 4.74 Å². The van der Waals surface area contributed by atoms with E-state index in [1.165, 1.54) is 0 Å². The molecule has 0 aromatic carbocycles. The Kier molecular flexibility index (Phi) is 5.17. The van der Waals surface area contributed by atoms with Gasteiger partial charge in [-0.15, -0.1) is 0 Å². The van der Waals surface area contributed by atoms with Gasteiger partial charge in [0.1, 0.15) is 5.76 Å². The minimum Gasteiger partial charge on any atom is -0.465 e. The zero-order chi connectivity index (χ0) is 16.2. The zero-order valence-electron chi connectivity index (χ0n) is 13.9. The Labute approximate surface area is 136 Å². The van der Waals surface area contributed by atoms with Gasteiger partial charge in [0.2, 0.25) is 0 Å². The highest BCUT2D eigenvalue weighted by Crippen LogP contribution is 2.25. The van der Waals surface area contributed by atoms with Crippen LogP contribution >= 0.6 is 0 Å². The van der Waals surface area contributed by atoms with E-state index in [9.17, 15) is 4.79 Å². The third kappa shape index (κ3) is 3.84. The topological polar surface area (TPSA) is 68.0 Å². The monoisotopic (exact) mass is 323 g/mol. The molecule has 1 aromatic heterocycles. The van der Waals surface area contributed by atoms with Crippen LogP contribution in [0.15, 0.2) is 10.6 Å². The van der Waals surface area contributed by atoms with Crippen molar-refractivity contribution in [1.82, 2.24) is 15.0 Å². The Morgan fingerprint density at radius 1 is 1.39 bits per heavy atom. The quantitative estimate of drug-likeness (QED) is 0.803. The maximum Gasteiger partial charge on any atom is 0.260 e. The molecule has 0 aliphatic carbocycles. The van der Waals surface area contributed by atoms with Gasteiger partial charge in [0.15, 0.2) is 6.61 Å². The van der Waals surface area contributed by atoms with Crippen LogP contribution in [0.2, 0.25) is 0 Å². The zero-order valence-corrected chi connectivity index (χ0v) is 13.9. The second-order valence-electron chi connectivity index (χ2n) is 6.25. The summed E-state index contributed by atoms with van der Waals surface area (Å²) in [7, 11) is 0. The molecule has 1 amide bonds. The molecule has 2 fully saturated rings. The molecule has 23 heavy (non-hydrogen) atoms. The van der Waals surface area contributed by atoms with Crippen LogP contribution in [0.4, 0.5) is 0 Å². The Hall–Kier alpha value is -1.60. The van der Waals surface area contributed by atoms with Crippen molar-refractivity contribution in [2.24, 2.45) is 5.92 Å². The Morgan fingerprint density at radius 2 is 2.17 bits per heavy atom. The van der Waals surface area contributed by atoms with Crippen molar-refractivity contribution in [1.29, 1.82) is 0 Å². The van der Waals surface area contributed by atoms with Gasteiger partial charge in [-0.05, 0) is 18.0 Å². The molecule has 2 saturated heterocycles. The predicted octanol–water partition coefficient (Wildman–Crippen LogP) is 0.931. The number of ether oxygens (including phenoxy) is 2. The molecule has 2 aliphatic rings.